The van der Waals surface area contributed by atoms with Gasteiger partial charge in [-0.05, 0) is 37.8 Å². The van der Waals surface area contributed by atoms with Crippen LogP contribution < -0.4 is 0 Å². The summed E-state index contributed by atoms with van der Waals surface area (Å²) in [5.74, 6) is 1.32. The fourth-order valence-electron chi connectivity index (χ4n) is 2.58. The average Bonchev–Trinajstić information content (AvgIpc) is 2.26. The first-order chi connectivity index (χ1) is 6.81. The maximum Gasteiger partial charge on any atom is 0.0462 e. The summed E-state index contributed by atoms with van der Waals surface area (Å²) in [6.07, 6.45) is 5.24. The molecule has 1 saturated carbocycles. The SMILES string of the molecule is CCN(CC)CC1CCCCC1CO. The van der Waals surface area contributed by atoms with Crippen molar-refractivity contribution in [3.63, 3.8) is 0 Å². The number of aliphatic hydroxyl groups is 1. The molecule has 0 amide bonds. The van der Waals surface area contributed by atoms with Crippen LogP contribution in [0.3, 0.4) is 0 Å². The number of rotatable bonds is 5. The van der Waals surface area contributed by atoms with E-state index in [1.165, 1.54) is 32.2 Å². The van der Waals surface area contributed by atoms with Crippen LogP contribution in [-0.4, -0.2) is 36.2 Å². The van der Waals surface area contributed by atoms with E-state index in [1.54, 1.807) is 0 Å². The smallest absolute Gasteiger partial charge is 0.0462 e. The van der Waals surface area contributed by atoms with Gasteiger partial charge in [-0.1, -0.05) is 26.7 Å². The Hall–Kier alpha value is -0.0800. The van der Waals surface area contributed by atoms with E-state index in [0.29, 0.717) is 12.5 Å². The van der Waals surface area contributed by atoms with E-state index in [9.17, 15) is 5.11 Å². The molecule has 1 fully saturated rings. The molecule has 14 heavy (non-hydrogen) atoms. The van der Waals surface area contributed by atoms with Gasteiger partial charge >= 0.3 is 0 Å². The number of hydrogen-bond donors (Lipinski definition) is 1. The lowest BCUT2D eigenvalue weighted by Gasteiger charge is -2.34. The van der Waals surface area contributed by atoms with Crippen molar-refractivity contribution in [2.75, 3.05) is 26.2 Å². The predicted octanol–water partition coefficient (Wildman–Crippen LogP) is 2.13. The molecule has 0 aromatic carbocycles. The zero-order valence-electron chi connectivity index (χ0n) is 9.71. The molecule has 1 aliphatic rings. The van der Waals surface area contributed by atoms with Crippen molar-refractivity contribution < 1.29 is 5.11 Å². The fraction of sp³-hybridized carbons (Fsp3) is 1.00. The molecule has 2 heteroatoms. The van der Waals surface area contributed by atoms with E-state index >= 15 is 0 Å². The molecule has 2 nitrogen and oxygen atoms in total. The lowest BCUT2D eigenvalue weighted by atomic mass is 9.79. The molecule has 84 valence electrons. The summed E-state index contributed by atoms with van der Waals surface area (Å²) in [5, 5.41) is 9.30. The van der Waals surface area contributed by atoms with Crippen LogP contribution in [0.2, 0.25) is 0 Å². The van der Waals surface area contributed by atoms with Crippen molar-refractivity contribution in [2.45, 2.75) is 39.5 Å². The minimum absolute atomic E-state index is 0.395. The Morgan fingerprint density at radius 3 is 2.14 bits per heavy atom. The first kappa shape index (κ1) is 12.0. The molecule has 0 heterocycles. The lowest BCUT2D eigenvalue weighted by Crippen LogP contribution is -2.35. The van der Waals surface area contributed by atoms with E-state index in [0.717, 1.165) is 19.0 Å². The highest BCUT2D eigenvalue weighted by Crippen LogP contribution is 2.30. The molecule has 0 bridgehead atoms. The second-order valence-corrected chi connectivity index (χ2v) is 4.47. The molecule has 0 saturated heterocycles. The highest BCUT2D eigenvalue weighted by Gasteiger charge is 2.25. The Morgan fingerprint density at radius 2 is 1.64 bits per heavy atom. The highest BCUT2D eigenvalue weighted by molar-refractivity contribution is 4.77. The topological polar surface area (TPSA) is 23.5 Å². The first-order valence-corrected chi connectivity index (χ1v) is 6.15. The van der Waals surface area contributed by atoms with Crippen molar-refractivity contribution in [1.82, 2.24) is 4.90 Å². The highest BCUT2D eigenvalue weighted by atomic mass is 16.3. The average molecular weight is 199 g/mol. The van der Waals surface area contributed by atoms with Gasteiger partial charge in [0.2, 0.25) is 0 Å². The standard InChI is InChI=1S/C12H25NO/c1-3-13(4-2)9-11-7-5-6-8-12(11)10-14/h11-12,14H,3-10H2,1-2H3. The largest absolute Gasteiger partial charge is 0.396 e. The van der Waals surface area contributed by atoms with Gasteiger partial charge in [-0.15, -0.1) is 0 Å². The van der Waals surface area contributed by atoms with Crippen molar-refractivity contribution in [1.29, 1.82) is 0 Å². The van der Waals surface area contributed by atoms with Gasteiger partial charge in [-0.2, -0.15) is 0 Å². The molecule has 0 aromatic rings. The third-order valence-electron chi connectivity index (χ3n) is 3.69. The van der Waals surface area contributed by atoms with Gasteiger partial charge < -0.3 is 10.0 Å². The van der Waals surface area contributed by atoms with Gasteiger partial charge in [-0.25, -0.2) is 0 Å². The summed E-state index contributed by atoms with van der Waals surface area (Å²) < 4.78 is 0. The Bertz CT molecular complexity index is 145. The van der Waals surface area contributed by atoms with Gasteiger partial charge in [0.25, 0.3) is 0 Å². The minimum atomic E-state index is 0.395. The maximum absolute atomic E-state index is 9.30. The Balaban J connectivity index is 2.39. The molecular formula is C12H25NO. The molecule has 2 atom stereocenters. The normalized spacial score (nSPS) is 28.3. The summed E-state index contributed by atoms with van der Waals surface area (Å²) in [6, 6.07) is 0. The Kier molecular flexibility index (Phi) is 5.49. The molecule has 0 radical (unpaired) electrons. The van der Waals surface area contributed by atoms with E-state index < -0.39 is 0 Å². The lowest BCUT2D eigenvalue weighted by molar-refractivity contribution is 0.103. The fourth-order valence-corrected chi connectivity index (χ4v) is 2.58. The third-order valence-corrected chi connectivity index (χ3v) is 3.69. The van der Waals surface area contributed by atoms with Crippen molar-refractivity contribution in [3.05, 3.63) is 0 Å². The predicted molar refractivity (Wildman–Crippen MR) is 60.3 cm³/mol. The van der Waals surface area contributed by atoms with E-state index in [2.05, 4.69) is 18.7 Å². The van der Waals surface area contributed by atoms with Crippen LogP contribution in [-0.2, 0) is 0 Å². The van der Waals surface area contributed by atoms with E-state index in [-0.39, 0.29) is 0 Å². The third kappa shape index (κ3) is 3.25. The quantitative estimate of drug-likeness (QED) is 0.733. The summed E-state index contributed by atoms with van der Waals surface area (Å²) in [6.45, 7) is 8.32. The summed E-state index contributed by atoms with van der Waals surface area (Å²) >= 11 is 0. The zero-order chi connectivity index (χ0) is 10.4. The zero-order valence-corrected chi connectivity index (χ0v) is 9.71. The van der Waals surface area contributed by atoms with Crippen molar-refractivity contribution >= 4 is 0 Å². The molecule has 0 spiro atoms. The molecule has 0 aromatic heterocycles. The van der Waals surface area contributed by atoms with Crippen LogP contribution in [0.15, 0.2) is 0 Å². The van der Waals surface area contributed by atoms with Crippen LogP contribution >= 0.6 is 0 Å². The molecule has 0 aliphatic heterocycles. The molecule has 1 aliphatic carbocycles. The Labute approximate surface area is 88.3 Å². The number of nitrogens with zero attached hydrogens (tertiary/aromatic N) is 1. The minimum Gasteiger partial charge on any atom is -0.396 e. The Morgan fingerprint density at radius 1 is 1.07 bits per heavy atom. The second-order valence-electron chi connectivity index (χ2n) is 4.47. The van der Waals surface area contributed by atoms with Crippen LogP contribution in [0.4, 0.5) is 0 Å². The number of hydrogen-bond acceptors (Lipinski definition) is 2. The van der Waals surface area contributed by atoms with Crippen LogP contribution in [0.5, 0.6) is 0 Å². The molecule has 1 rings (SSSR count). The van der Waals surface area contributed by atoms with Crippen LogP contribution in [0.25, 0.3) is 0 Å². The molecule has 1 N–H and O–H groups in total. The second kappa shape index (κ2) is 6.41. The van der Waals surface area contributed by atoms with Gasteiger partial charge in [-0.3, -0.25) is 0 Å². The van der Waals surface area contributed by atoms with Gasteiger partial charge in [0, 0.05) is 13.2 Å². The van der Waals surface area contributed by atoms with Crippen molar-refractivity contribution in [2.24, 2.45) is 11.8 Å². The first-order valence-electron chi connectivity index (χ1n) is 6.15. The van der Waals surface area contributed by atoms with E-state index in [4.69, 9.17) is 0 Å². The number of aliphatic hydroxyl groups excluding tert-OH is 1. The van der Waals surface area contributed by atoms with Gasteiger partial charge in [0.15, 0.2) is 0 Å². The van der Waals surface area contributed by atoms with Gasteiger partial charge in [0.1, 0.15) is 0 Å². The van der Waals surface area contributed by atoms with Gasteiger partial charge in [0.05, 0.1) is 0 Å². The monoisotopic (exact) mass is 199 g/mol. The summed E-state index contributed by atoms with van der Waals surface area (Å²) in [7, 11) is 0. The molecule has 2 unspecified atom stereocenters. The summed E-state index contributed by atoms with van der Waals surface area (Å²) in [5.41, 5.74) is 0. The maximum atomic E-state index is 9.30. The van der Waals surface area contributed by atoms with Crippen molar-refractivity contribution in [3.8, 4) is 0 Å². The van der Waals surface area contributed by atoms with Crippen LogP contribution in [0.1, 0.15) is 39.5 Å². The summed E-state index contributed by atoms with van der Waals surface area (Å²) in [4.78, 5) is 2.48. The molecular weight excluding hydrogens is 174 g/mol. The van der Waals surface area contributed by atoms with Crippen LogP contribution in [0, 0.1) is 11.8 Å². The van der Waals surface area contributed by atoms with E-state index in [1.807, 2.05) is 0 Å².